The summed E-state index contributed by atoms with van der Waals surface area (Å²) < 4.78 is 5.20. The van der Waals surface area contributed by atoms with Gasteiger partial charge >= 0.3 is 0 Å². The van der Waals surface area contributed by atoms with Crippen molar-refractivity contribution in [1.82, 2.24) is 4.90 Å². The lowest BCUT2D eigenvalue weighted by molar-refractivity contribution is 0.0680. The maximum absolute atomic E-state index is 12.8. The summed E-state index contributed by atoms with van der Waals surface area (Å²) in [5.41, 5.74) is 8.23. The summed E-state index contributed by atoms with van der Waals surface area (Å²) in [6.45, 7) is 2.79. The lowest BCUT2D eigenvalue weighted by Gasteiger charge is -2.34. The quantitative estimate of drug-likeness (QED) is 0.867. The zero-order valence-electron chi connectivity index (χ0n) is 12.1. The van der Waals surface area contributed by atoms with Crippen molar-refractivity contribution in [2.24, 2.45) is 0 Å². The van der Waals surface area contributed by atoms with Gasteiger partial charge in [0.25, 0.3) is 5.91 Å². The Morgan fingerprint density at radius 2 is 2.24 bits per heavy atom. The molecule has 0 radical (unpaired) electrons. The zero-order valence-corrected chi connectivity index (χ0v) is 12.9. The van der Waals surface area contributed by atoms with Gasteiger partial charge in [0, 0.05) is 11.4 Å². The molecule has 2 heterocycles. The van der Waals surface area contributed by atoms with E-state index in [4.69, 9.17) is 10.5 Å². The second-order valence-corrected chi connectivity index (χ2v) is 6.15. The Bertz CT molecular complexity index is 681. The van der Waals surface area contributed by atoms with E-state index in [-0.39, 0.29) is 11.9 Å². The van der Waals surface area contributed by atoms with E-state index in [9.17, 15) is 4.79 Å². The number of carbonyl (C=O) groups excluding carboxylic acids is 1. The van der Waals surface area contributed by atoms with Crippen molar-refractivity contribution < 1.29 is 9.53 Å². The van der Waals surface area contributed by atoms with Gasteiger partial charge < -0.3 is 15.4 Å². The Balaban J connectivity index is 1.93. The number of nitrogens with zero attached hydrogens (tertiary/aromatic N) is 1. The fourth-order valence-corrected chi connectivity index (χ4v) is 3.81. The molecule has 1 aliphatic rings. The second-order valence-electron chi connectivity index (χ2n) is 5.15. The number of rotatable bonds is 2. The molecule has 21 heavy (non-hydrogen) atoms. The highest BCUT2D eigenvalue weighted by Crippen LogP contribution is 2.35. The molecular weight excluding hydrogens is 284 g/mol. The molecule has 0 spiro atoms. The Morgan fingerprint density at radius 1 is 1.43 bits per heavy atom. The largest absolute Gasteiger partial charge is 0.495 e. The number of hydrogen-bond donors (Lipinski definition) is 1. The SMILES string of the molecule is COc1cccc(C(=O)N2CCc3sccc3C2C)c1N. The first-order chi connectivity index (χ1) is 10.1. The van der Waals surface area contributed by atoms with Crippen LogP contribution in [0.4, 0.5) is 5.69 Å². The van der Waals surface area contributed by atoms with Gasteiger partial charge in [-0.25, -0.2) is 0 Å². The number of benzene rings is 1. The van der Waals surface area contributed by atoms with Gasteiger partial charge in [-0.1, -0.05) is 6.07 Å². The second kappa shape index (κ2) is 5.41. The molecule has 2 aromatic rings. The van der Waals surface area contributed by atoms with Crippen molar-refractivity contribution in [3.8, 4) is 5.75 Å². The predicted molar refractivity (Wildman–Crippen MR) is 84.9 cm³/mol. The molecule has 0 bridgehead atoms. The van der Waals surface area contributed by atoms with Crippen LogP contribution in [0.15, 0.2) is 29.6 Å². The summed E-state index contributed by atoms with van der Waals surface area (Å²) >= 11 is 1.77. The average Bonchev–Trinajstić information content (AvgIpc) is 2.97. The van der Waals surface area contributed by atoms with Crippen molar-refractivity contribution in [3.05, 3.63) is 45.6 Å². The molecular formula is C16H18N2O2S. The van der Waals surface area contributed by atoms with E-state index in [1.807, 2.05) is 4.90 Å². The number of anilines is 1. The average molecular weight is 302 g/mol. The van der Waals surface area contributed by atoms with Crippen LogP contribution in [0.2, 0.25) is 0 Å². The zero-order chi connectivity index (χ0) is 15.0. The first-order valence-corrected chi connectivity index (χ1v) is 7.81. The molecule has 5 heteroatoms. The van der Waals surface area contributed by atoms with Crippen LogP contribution in [0.25, 0.3) is 0 Å². The van der Waals surface area contributed by atoms with Gasteiger partial charge in [-0.3, -0.25) is 4.79 Å². The number of methoxy groups -OCH3 is 1. The third-order valence-corrected chi connectivity index (χ3v) is 5.05. The fraction of sp³-hybridized carbons (Fsp3) is 0.312. The normalized spacial score (nSPS) is 17.4. The monoisotopic (exact) mass is 302 g/mol. The highest BCUT2D eigenvalue weighted by atomic mass is 32.1. The standard InChI is InChI=1S/C16H18N2O2S/c1-10-11-7-9-21-14(11)6-8-18(10)16(19)12-4-3-5-13(20-2)15(12)17/h3-5,7,9-10H,6,8,17H2,1-2H3. The van der Waals surface area contributed by atoms with Gasteiger partial charge in [0.2, 0.25) is 0 Å². The van der Waals surface area contributed by atoms with Crippen LogP contribution in [0.5, 0.6) is 5.75 Å². The van der Waals surface area contributed by atoms with E-state index >= 15 is 0 Å². The van der Waals surface area contributed by atoms with Crippen LogP contribution < -0.4 is 10.5 Å². The van der Waals surface area contributed by atoms with Crippen molar-refractivity contribution in [3.63, 3.8) is 0 Å². The first kappa shape index (κ1) is 13.9. The number of nitrogen functional groups attached to an aromatic ring is 1. The van der Waals surface area contributed by atoms with Gasteiger partial charge in [-0.15, -0.1) is 11.3 Å². The number of hydrogen-bond acceptors (Lipinski definition) is 4. The van der Waals surface area contributed by atoms with Gasteiger partial charge in [0.15, 0.2) is 0 Å². The maximum atomic E-state index is 12.8. The van der Waals surface area contributed by atoms with Gasteiger partial charge in [0.05, 0.1) is 24.4 Å². The van der Waals surface area contributed by atoms with Gasteiger partial charge in [0.1, 0.15) is 5.75 Å². The third kappa shape index (κ3) is 2.27. The first-order valence-electron chi connectivity index (χ1n) is 6.93. The summed E-state index contributed by atoms with van der Waals surface area (Å²) in [7, 11) is 1.56. The van der Waals surface area contributed by atoms with Crippen LogP contribution >= 0.6 is 11.3 Å². The number of ether oxygens (including phenoxy) is 1. The van der Waals surface area contributed by atoms with Crippen molar-refractivity contribution in [2.75, 3.05) is 19.4 Å². The van der Waals surface area contributed by atoms with Crippen LogP contribution in [-0.2, 0) is 6.42 Å². The molecule has 0 saturated carbocycles. The summed E-state index contributed by atoms with van der Waals surface area (Å²) in [4.78, 5) is 16.1. The fourth-order valence-electron chi connectivity index (χ4n) is 2.85. The summed E-state index contributed by atoms with van der Waals surface area (Å²) in [6.07, 6.45) is 0.910. The molecule has 1 atom stereocenters. The summed E-state index contributed by atoms with van der Waals surface area (Å²) in [5.74, 6) is 0.512. The molecule has 1 aromatic carbocycles. The molecule has 110 valence electrons. The molecule has 1 amide bonds. The number of nitrogens with two attached hydrogens (primary N) is 1. The summed E-state index contributed by atoms with van der Waals surface area (Å²) in [6, 6.07) is 7.52. The van der Waals surface area contributed by atoms with E-state index in [2.05, 4.69) is 18.4 Å². The lowest BCUT2D eigenvalue weighted by Crippen LogP contribution is -2.38. The van der Waals surface area contributed by atoms with Crippen LogP contribution in [0.1, 0.15) is 33.8 Å². The highest BCUT2D eigenvalue weighted by Gasteiger charge is 2.30. The van der Waals surface area contributed by atoms with Crippen LogP contribution in [0, 0.1) is 0 Å². The van der Waals surface area contributed by atoms with Crippen molar-refractivity contribution in [1.29, 1.82) is 0 Å². The molecule has 2 N–H and O–H groups in total. The molecule has 1 aliphatic heterocycles. The minimum absolute atomic E-state index is 0.0317. The number of thiophene rings is 1. The molecule has 0 saturated heterocycles. The van der Waals surface area contributed by atoms with E-state index in [1.54, 1.807) is 36.6 Å². The van der Waals surface area contributed by atoms with Crippen LogP contribution in [0.3, 0.4) is 0 Å². The Morgan fingerprint density at radius 3 is 3.00 bits per heavy atom. The van der Waals surface area contributed by atoms with Gasteiger partial charge in [-0.2, -0.15) is 0 Å². The van der Waals surface area contributed by atoms with E-state index < -0.39 is 0 Å². The predicted octanol–water partition coefficient (Wildman–Crippen LogP) is 3.10. The number of fused-ring (bicyclic) bond motifs is 1. The molecule has 1 unspecified atom stereocenters. The smallest absolute Gasteiger partial charge is 0.256 e. The molecule has 1 aromatic heterocycles. The van der Waals surface area contributed by atoms with Crippen molar-refractivity contribution >= 4 is 22.9 Å². The Kier molecular flexibility index (Phi) is 3.59. The Hall–Kier alpha value is -2.01. The van der Waals surface area contributed by atoms with E-state index in [0.29, 0.717) is 17.0 Å². The highest BCUT2D eigenvalue weighted by molar-refractivity contribution is 7.10. The molecule has 0 aliphatic carbocycles. The molecule has 0 fully saturated rings. The lowest BCUT2D eigenvalue weighted by atomic mass is 10.00. The van der Waals surface area contributed by atoms with E-state index in [0.717, 1.165) is 13.0 Å². The minimum atomic E-state index is -0.0317. The minimum Gasteiger partial charge on any atom is -0.495 e. The topological polar surface area (TPSA) is 55.6 Å². The van der Waals surface area contributed by atoms with Crippen LogP contribution in [-0.4, -0.2) is 24.5 Å². The Labute approximate surface area is 128 Å². The number of carbonyl (C=O) groups is 1. The molecule has 3 rings (SSSR count). The third-order valence-electron chi connectivity index (χ3n) is 4.05. The maximum Gasteiger partial charge on any atom is 0.256 e. The van der Waals surface area contributed by atoms with Crippen molar-refractivity contribution in [2.45, 2.75) is 19.4 Å². The molecule has 4 nitrogen and oxygen atoms in total. The number of amides is 1. The van der Waals surface area contributed by atoms with Gasteiger partial charge in [-0.05, 0) is 42.5 Å². The number of para-hydroxylation sites is 1. The van der Waals surface area contributed by atoms with E-state index in [1.165, 1.54) is 10.4 Å². The summed E-state index contributed by atoms with van der Waals surface area (Å²) in [5, 5.41) is 2.09.